The van der Waals surface area contributed by atoms with Gasteiger partial charge >= 0.3 is 0 Å². The highest BCUT2D eigenvalue weighted by Crippen LogP contribution is 2.25. The molecule has 0 fully saturated rings. The molecule has 2 rings (SSSR count). The second-order valence-electron chi connectivity index (χ2n) is 5.72. The Hall–Kier alpha value is -2.49. The lowest BCUT2D eigenvalue weighted by atomic mass is 9.83. The van der Waals surface area contributed by atoms with Crippen LogP contribution >= 0.6 is 0 Å². The van der Waals surface area contributed by atoms with Crippen LogP contribution in [0.5, 0.6) is 0 Å². The Kier molecular flexibility index (Phi) is 4.40. The number of benzene rings is 2. The fraction of sp³-hybridized carbons (Fsp3) is 0.222. The second kappa shape index (κ2) is 6.10. The molecule has 0 atom stereocenters. The van der Waals surface area contributed by atoms with Crippen LogP contribution in [0.1, 0.15) is 36.7 Å². The first kappa shape index (κ1) is 15.9. The summed E-state index contributed by atoms with van der Waals surface area (Å²) in [5.74, 6) is -0.556. The van der Waals surface area contributed by atoms with E-state index in [0.29, 0.717) is 11.3 Å². The summed E-state index contributed by atoms with van der Waals surface area (Å²) in [6.45, 7) is 5.05. The smallest absolute Gasteiger partial charge is 0.234 e. The van der Waals surface area contributed by atoms with Gasteiger partial charge in [-0.05, 0) is 62.7 Å². The number of hydrogen-bond donors (Lipinski definition) is 1. The molecule has 1 amide bonds. The maximum absolute atomic E-state index is 13.0. The van der Waals surface area contributed by atoms with Gasteiger partial charge in [-0.3, -0.25) is 9.59 Å². The van der Waals surface area contributed by atoms with E-state index >= 15 is 0 Å². The molecule has 0 aliphatic heterocycles. The van der Waals surface area contributed by atoms with E-state index in [4.69, 9.17) is 0 Å². The predicted molar refractivity (Wildman–Crippen MR) is 84.5 cm³/mol. The highest BCUT2D eigenvalue weighted by Gasteiger charge is 2.29. The summed E-state index contributed by atoms with van der Waals surface area (Å²) >= 11 is 0. The van der Waals surface area contributed by atoms with Crippen LogP contribution in [0.25, 0.3) is 0 Å². The molecule has 3 nitrogen and oxygen atoms in total. The molecule has 22 heavy (non-hydrogen) atoms. The van der Waals surface area contributed by atoms with Crippen LogP contribution in [0.3, 0.4) is 0 Å². The quantitative estimate of drug-likeness (QED) is 0.869. The Morgan fingerprint density at radius 2 is 1.50 bits per heavy atom. The minimum absolute atomic E-state index is 0.0236. The van der Waals surface area contributed by atoms with E-state index in [9.17, 15) is 14.0 Å². The number of carbonyl (C=O) groups excluding carboxylic acids is 2. The molecule has 0 saturated carbocycles. The van der Waals surface area contributed by atoms with Crippen LogP contribution in [-0.2, 0) is 10.2 Å². The molecule has 0 heterocycles. The number of halogens is 1. The standard InChI is InChI=1S/C18H18FNO2/c1-12(21)13-4-10-16(11-5-13)20-17(22)18(2,3)14-6-8-15(19)9-7-14/h4-11H,1-3H3,(H,20,22). The Bertz CT molecular complexity index is 688. The van der Waals surface area contributed by atoms with Crippen molar-refractivity contribution in [3.8, 4) is 0 Å². The first-order valence-corrected chi connectivity index (χ1v) is 6.99. The average Bonchev–Trinajstić information content (AvgIpc) is 2.48. The van der Waals surface area contributed by atoms with Crippen molar-refractivity contribution in [3.05, 3.63) is 65.5 Å². The predicted octanol–water partition coefficient (Wildman–Crippen LogP) is 3.94. The van der Waals surface area contributed by atoms with Crippen LogP contribution in [0.15, 0.2) is 48.5 Å². The molecule has 4 heteroatoms. The molecule has 114 valence electrons. The van der Waals surface area contributed by atoms with Crippen LogP contribution in [0.4, 0.5) is 10.1 Å². The minimum atomic E-state index is -0.799. The third kappa shape index (κ3) is 3.39. The van der Waals surface area contributed by atoms with Crippen molar-refractivity contribution in [2.24, 2.45) is 0 Å². The lowest BCUT2D eigenvalue weighted by Crippen LogP contribution is -2.34. The van der Waals surface area contributed by atoms with E-state index in [2.05, 4.69) is 5.32 Å². The van der Waals surface area contributed by atoms with E-state index in [1.165, 1.54) is 19.1 Å². The summed E-state index contributed by atoms with van der Waals surface area (Å²) in [4.78, 5) is 23.7. The maximum atomic E-state index is 13.0. The largest absolute Gasteiger partial charge is 0.325 e. The van der Waals surface area contributed by atoms with Gasteiger partial charge in [-0.1, -0.05) is 12.1 Å². The molecule has 0 radical (unpaired) electrons. The molecular weight excluding hydrogens is 281 g/mol. The van der Waals surface area contributed by atoms with Crippen molar-refractivity contribution in [3.63, 3.8) is 0 Å². The fourth-order valence-corrected chi connectivity index (χ4v) is 2.07. The van der Waals surface area contributed by atoms with E-state index in [0.717, 1.165) is 5.56 Å². The molecular formula is C18H18FNO2. The normalized spacial score (nSPS) is 11.1. The second-order valence-corrected chi connectivity index (χ2v) is 5.72. The average molecular weight is 299 g/mol. The number of Topliss-reactive ketones (excluding diaryl/α,β-unsaturated/α-hetero) is 1. The summed E-state index contributed by atoms with van der Waals surface area (Å²) in [6.07, 6.45) is 0. The highest BCUT2D eigenvalue weighted by molar-refractivity contribution is 5.99. The summed E-state index contributed by atoms with van der Waals surface area (Å²) in [5, 5.41) is 2.82. The van der Waals surface area contributed by atoms with Gasteiger partial charge in [-0.15, -0.1) is 0 Å². The Balaban J connectivity index is 2.16. The fourth-order valence-electron chi connectivity index (χ4n) is 2.07. The van der Waals surface area contributed by atoms with E-state index < -0.39 is 5.41 Å². The van der Waals surface area contributed by atoms with Crippen LogP contribution in [0, 0.1) is 5.82 Å². The number of ketones is 1. The first-order chi connectivity index (χ1) is 10.3. The molecule has 0 aliphatic carbocycles. The molecule has 0 spiro atoms. The number of hydrogen-bond acceptors (Lipinski definition) is 2. The minimum Gasteiger partial charge on any atom is -0.325 e. The van der Waals surface area contributed by atoms with Gasteiger partial charge in [0.15, 0.2) is 5.78 Å². The third-order valence-electron chi connectivity index (χ3n) is 3.68. The number of carbonyl (C=O) groups is 2. The molecule has 0 saturated heterocycles. The first-order valence-electron chi connectivity index (χ1n) is 6.99. The molecule has 2 aromatic carbocycles. The zero-order valence-corrected chi connectivity index (χ0v) is 12.8. The Morgan fingerprint density at radius 1 is 0.955 bits per heavy atom. The van der Waals surface area contributed by atoms with Crippen LogP contribution < -0.4 is 5.32 Å². The van der Waals surface area contributed by atoms with Gasteiger partial charge in [0.05, 0.1) is 5.41 Å². The van der Waals surface area contributed by atoms with Gasteiger partial charge in [0.1, 0.15) is 5.82 Å². The van der Waals surface area contributed by atoms with Gasteiger partial charge < -0.3 is 5.32 Å². The Morgan fingerprint density at radius 3 is 2.00 bits per heavy atom. The zero-order chi connectivity index (χ0) is 16.3. The van der Waals surface area contributed by atoms with E-state index in [1.54, 1.807) is 50.2 Å². The summed E-state index contributed by atoms with van der Waals surface area (Å²) in [7, 11) is 0. The van der Waals surface area contributed by atoms with E-state index in [-0.39, 0.29) is 17.5 Å². The van der Waals surface area contributed by atoms with Crippen molar-refractivity contribution >= 4 is 17.4 Å². The Labute approximate surface area is 129 Å². The van der Waals surface area contributed by atoms with E-state index in [1.807, 2.05) is 0 Å². The van der Waals surface area contributed by atoms with Gasteiger partial charge in [0.25, 0.3) is 0 Å². The number of rotatable bonds is 4. The number of amides is 1. The van der Waals surface area contributed by atoms with Gasteiger partial charge in [-0.25, -0.2) is 4.39 Å². The SMILES string of the molecule is CC(=O)c1ccc(NC(=O)C(C)(C)c2ccc(F)cc2)cc1. The van der Waals surface area contributed by atoms with Crippen LogP contribution in [-0.4, -0.2) is 11.7 Å². The van der Waals surface area contributed by atoms with Gasteiger partial charge in [0, 0.05) is 11.3 Å². The van der Waals surface area contributed by atoms with Crippen LogP contribution in [0.2, 0.25) is 0 Å². The lowest BCUT2D eigenvalue weighted by molar-refractivity contribution is -0.120. The molecule has 1 N–H and O–H groups in total. The molecule has 0 aromatic heterocycles. The molecule has 0 bridgehead atoms. The molecule has 0 aliphatic rings. The summed E-state index contributed by atoms with van der Waals surface area (Å²) in [5.41, 5.74) is 1.14. The monoisotopic (exact) mass is 299 g/mol. The summed E-state index contributed by atoms with van der Waals surface area (Å²) in [6, 6.07) is 12.6. The number of nitrogens with one attached hydrogen (secondary N) is 1. The number of anilines is 1. The van der Waals surface area contributed by atoms with Crippen molar-refractivity contribution in [2.45, 2.75) is 26.2 Å². The van der Waals surface area contributed by atoms with Crippen molar-refractivity contribution in [1.82, 2.24) is 0 Å². The highest BCUT2D eigenvalue weighted by atomic mass is 19.1. The lowest BCUT2D eigenvalue weighted by Gasteiger charge is -2.24. The third-order valence-corrected chi connectivity index (χ3v) is 3.68. The topological polar surface area (TPSA) is 46.2 Å². The maximum Gasteiger partial charge on any atom is 0.234 e. The van der Waals surface area contributed by atoms with Crippen molar-refractivity contribution in [1.29, 1.82) is 0 Å². The molecule has 0 unspecified atom stereocenters. The zero-order valence-electron chi connectivity index (χ0n) is 12.8. The van der Waals surface area contributed by atoms with Gasteiger partial charge in [0.2, 0.25) is 5.91 Å². The van der Waals surface area contributed by atoms with Gasteiger partial charge in [-0.2, -0.15) is 0 Å². The van der Waals surface area contributed by atoms with Crippen molar-refractivity contribution < 1.29 is 14.0 Å². The summed E-state index contributed by atoms with van der Waals surface area (Å²) < 4.78 is 13.0. The van der Waals surface area contributed by atoms with Crippen molar-refractivity contribution in [2.75, 3.05) is 5.32 Å². The molecule has 2 aromatic rings.